The molecule has 3 aromatic rings. The monoisotopic (exact) mass is 454 g/mol. The van der Waals surface area contributed by atoms with Crippen LogP contribution in [0.4, 0.5) is 5.69 Å². The second-order valence-electron chi connectivity index (χ2n) is 8.11. The molecule has 0 atom stereocenters. The van der Waals surface area contributed by atoms with Crippen LogP contribution in [-0.4, -0.2) is 47.0 Å². The fraction of sp³-hybridized carbons (Fsp3) is 0.409. The molecule has 1 aliphatic heterocycles. The Hall–Kier alpha value is -3.14. The van der Waals surface area contributed by atoms with Crippen LogP contribution in [0.3, 0.4) is 0 Å². The van der Waals surface area contributed by atoms with E-state index in [1.54, 1.807) is 23.7 Å². The predicted molar refractivity (Wildman–Crippen MR) is 127 cm³/mol. The van der Waals surface area contributed by atoms with Crippen molar-refractivity contribution in [3.05, 3.63) is 57.0 Å². The maximum atomic E-state index is 13.3. The van der Waals surface area contributed by atoms with Gasteiger partial charge in [-0.2, -0.15) is 0 Å². The molecule has 0 aliphatic carbocycles. The molecule has 2 aromatic heterocycles. The lowest BCUT2D eigenvalue weighted by Crippen LogP contribution is -2.41. The van der Waals surface area contributed by atoms with Gasteiger partial charge in [0.2, 0.25) is 5.91 Å². The van der Waals surface area contributed by atoms with Crippen LogP contribution in [0.2, 0.25) is 0 Å². The molecule has 0 spiro atoms. The topological polar surface area (TPSA) is 94.5 Å². The first kappa shape index (κ1) is 22.1. The number of para-hydroxylation sites is 1. The largest absolute Gasteiger partial charge is 0.332 e. The first-order valence-electron chi connectivity index (χ1n) is 10.5. The number of carbonyl (C=O) groups excluding carboxylic acids is 1. The van der Waals surface area contributed by atoms with Crippen molar-refractivity contribution in [2.45, 2.75) is 32.7 Å². The van der Waals surface area contributed by atoms with Crippen LogP contribution < -0.4 is 11.2 Å². The van der Waals surface area contributed by atoms with E-state index in [2.05, 4.69) is 24.9 Å². The Morgan fingerprint density at radius 2 is 1.94 bits per heavy atom. The van der Waals surface area contributed by atoms with Crippen molar-refractivity contribution in [3.8, 4) is 0 Å². The van der Waals surface area contributed by atoms with E-state index in [-0.39, 0.29) is 23.6 Å². The summed E-state index contributed by atoms with van der Waals surface area (Å²) in [6, 6.07) is 7.96. The molecule has 10 heteroatoms. The standard InChI is InChI=1S/C22H26N6O3S/c1-14(2)15-8-5-6-9-16(15)24-21-28(10-7-11-32-21)17(29)12-27-13-23-19-18(27)20(30)26(4)22(31)25(19)3/h5-6,8-9,13-14H,7,10-12H2,1-4H3. The minimum Gasteiger partial charge on any atom is -0.315 e. The molecule has 1 fully saturated rings. The van der Waals surface area contributed by atoms with Crippen LogP contribution in [-0.2, 0) is 25.4 Å². The lowest BCUT2D eigenvalue weighted by molar-refractivity contribution is -0.127. The molecule has 0 radical (unpaired) electrons. The Morgan fingerprint density at radius 1 is 1.19 bits per heavy atom. The minimum absolute atomic E-state index is 0.0602. The molecule has 0 saturated carbocycles. The van der Waals surface area contributed by atoms with Crippen molar-refractivity contribution in [2.24, 2.45) is 19.1 Å². The molecule has 9 nitrogen and oxygen atoms in total. The number of hydrogen-bond acceptors (Lipinski definition) is 6. The summed E-state index contributed by atoms with van der Waals surface area (Å²) in [4.78, 5) is 48.9. The average Bonchev–Trinajstić information content (AvgIpc) is 3.20. The number of aromatic nitrogens is 4. The van der Waals surface area contributed by atoms with Crippen molar-refractivity contribution in [2.75, 3.05) is 12.3 Å². The van der Waals surface area contributed by atoms with Crippen LogP contribution in [0.1, 0.15) is 31.7 Å². The first-order valence-corrected chi connectivity index (χ1v) is 11.5. The van der Waals surface area contributed by atoms with Gasteiger partial charge in [0.25, 0.3) is 5.56 Å². The molecule has 0 unspecified atom stereocenters. The van der Waals surface area contributed by atoms with Gasteiger partial charge in [0.05, 0.1) is 12.0 Å². The number of aryl methyl sites for hydroxylation is 1. The van der Waals surface area contributed by atoms with Gasteiger partial charge in [-0.05, 0) is 24.0 Å². The van der Waals surface area contributed by atoms with E-state index < -0.39 is 11.2 Å². The summed E-state index contributed by atoms with van der Waals surface area (Å²) in [6.45, 7) is 4.74. The lowest BCUT2D eigenvalue weighted by Gasteiger charge is -2.28. The first-order chi connectivity index (χ1) is 15.3. The number of fused-ring (bicyclic) bond motifs is 1. The number of hydrogen-bond donors (Lipinski definition) is 0. The lowest BCUT2D eigenvalue weighted by atomic mass is 10.0. The molecular weight excluding hydrogens is 428 g/mol. The molecule has 1 aromatic carbocycles. The molecule has 1 saturated heterocycles. The van der Waals surface area contributed by atoms with Crippen molar-refractivity contribution in [3.63, 3.8) is 0 Å². The molecule has 0 bridgehead atoms. The summed E-state index contributed by atoms with van der Waals surface area (Å²) in [7, 11) is 2.98. The maximum absolute atomic E-state index is 13.3. The fourth-order valence-corrected chi connectivity index (χ4v) is 4.78. The number of carbonyl (C=O) groups is 1. The number of amidine groups is 1. The summed E-state index contributed by atoms with van der Waals surface area (Å²) in [6.07, 6.45) is 2.30. The van der Waals surface area contributed by atoms with Gasteiger partial charge in [-0.15, -0.1) is 0 Å². The number of thioether (sulfide) groups is 1. The number of rotatable bonds is 4. The van der Waals surface area contributed by atoms with Gasteiger partial charge in [-0.1, -0.05) is 43.8 Å². The van der Waals surface area contributed by atoms with Crippen LogP contribution in [0.25, 0.3) is 11.2 Å². The number of imidazole rings is 1. The third kappa shape index (κ3) is 3.90. The molecule has 3 heterocycles. The third-order valence-electron chi connectivity index (χ3n) is 5.59. The summed E-state index contributed by atoms with van der Waals surface area (Å²) >= 11 is 1.56. The Balaban J connectivity index is 1.69. The predicted octanol–water partition coefficient (Wildman–Crippen LogP) is 2.21. The van der Waals surface area contributed by atoms with Crippen LogP contribution >= 0.6 is 11.8 Å². The molecular formula is C22H26N6O3S. The number of nitrogens with zero attached hydrogens (tertiary/aromatic N) is 6. The van der Waals surface area contributed by atoms with E-state index >= 15 is 0 Å². The zero-order valence-corrected chi connectivity index (χ0v) is 19.4. The van der Waals surface area contributed by atoms with E-state index in [0.29, 0.717) is 17.6 Å². The molecule has 0 N–H and O–H groups in total. The highest BCUT2D eigenvalue weighted by Crippen LogP contribution is 2.29. The normalized spacial score (nSPS) is 15.8. The highest BCUT2D eigenvalue weighted by molar-refractivity contribution is 8.13. The second kappa shape index (κ2) is 8.78. The zero-order chi connectivity index (χ0) is 23.0. The van der Waals surface area contributed by atoms with Gasteiger partial charge >= 0.3 is 5.69 Å². The molecule has 1 amide bonds. The molecule has 4 rings (SSSR count). The molecule has 168 valence electrons. The Kier molecular flexibility index (Phi) is 6.05. The van der Waals surface area contributed by atoms with Gasteiger partial charge < -0.3 is 4.57 Å². The summed E-state index contributed by atoms with van der Waals surface area (Å²) < 4.78 is 3.85. The van der Waals surface area contributed by atoms with Crippen LogP contribution in [0.5, 0.6) is 0 Å². The zero-order valence-electron chi connectivity index (χ0n) is 18.6. The van der Waals surface area contributed by atoms with Crippen molar-refractivity contribution in [1.82, 2.24) is 23.6 Å². The van der Waals surface area contributed by atoms with Crippen molar-refractivity contribution in [1.29, 1.82) is 0 Å². The van der Waals surface area contributed by atoms with E-state index in [0.717, 1.165) is 28.0 Å². The minimum atomic E-state index is -0.471. The van der Waals surface area contributed by atoms with E-state index in [9.17, 15) is 14.4 Å². The number of amides is 1. The summed E-state index contributed by atoms with van der Waals surface area (Å²) in [5, 5.41) is 0.666. The number of benzene rings is 1. The summed E-state index contributed by atoms with van der Waals surface area (Å²) in [5.74, 6) is 1.03. The van der Waals surface area contributed by atoms with Crippen LogP contribution in [0, 0.1) is 0 Å². The number of aliphatic imine (C=N–C) groups is 1. The smallest absolute Gasteiger partial charge is 0.315 e. The SMILES string of the molecule is CC(C)c1ccccc1N=C1SCCCN1C(=O)Cn1cnc2c1c(=O)n(C)c(=O)n2C. The van der Waals surface area contributed by atoms with E-state index in [4.69, 9.17) is 4.99 Å². The average molecular weight is 455 g/mol. The van der Waals surface area contributed by atoms with Crippen molar-refractivity contribution >= 4 is 39.7 Å². The quantitative estimate of drug-likeness (QED) is 0.602. The fourth-order valence-electron chi connectivity index (χ4n) is 3.81. The Labute approximate surface area is 189 Å². The summed E-state index contributed by atoms with van der Waals surface area (Å²) in [5.41, 5.74) is 1.56. The van der Waals surface area contributed by atoms with Gasteiger partial charge in [-0.25, -0.2) is 14.8 Å². The Morgan fingerprint density at radius 3 is 2.69 bits per heavy atom. The second-order valence-corrected chi connectivity index (χ2v) is 9.17. The van der Waals surface area contributed by atoms with E-state index in [1.165, 1.54) is 22.5 Å². The van der Waals surface area contributed by atoms with E-state index in [1.807, 2.05) is 18.2 Å². The van der Waals surface area contributed by atoms with Gasteiger partial charge in [-0.3, -0.25) is 23.6 Å². The molecule has 32 heavy (non-hydrogen) atoms. The Bertz CT molecular complexity index is 1330. The van der Waals surface area contributed by atoms with Crippen molar-refractivity contribution < 1.29 is 4.79 Å². The van der Waals surface area contributed by atoms with Gasteiger partial charge in [0.15, 0.2) is 16.3 Å². The van der Waals surface area contributed by atoms with Gasteiger partial charge in [0.1, 0.15) is 6.54 Å². The van der Waals surface area contributed by atoms with Gasteiger partial charge in [0, 0.05) is 26.4 Å². The maximum Gasteiger partial charge on any atom is 0.332 e. The molecule has 1 aliphatic rings. The van der Waals surface area contributed by atoms with Crippen LogP contribution in [0.15, 0.2) is 45.2 Å². The highest BCUT2D eigenvalue weighted by Gasteiger charge is 2.25. The highest BCUT2D eigenvalue weighted by atomic mass is 32.2. The third-order valence-corrected chi connectivity index (χ3v) is 6.65.